The van der Waals surface area contributed by atoms with Crippen LogP contribution in [0.15, 0.2) is 22.6 Å². The lowest BCUT2D eigenvalue weighted by Gasteiger charge is -2.34. The van der Waals surface area contributed by atoms with Crippen molar-refractivity contribution < 1.29 is 9.21 Å². The number of rotatable bonds is 4. The molecule has 130 valence electrons. The largest absolute Gasteiger partial charge is 0.439 e. The zero-order chi connectivity index (χ0) is 17.1. The van der Waals surface area contributed by atoms with Crippen molar-refractivity contribution in [1.82, 2.24) is 20.1 Å². The Morgan fingerprint density at radius 2 is 2.08 bits per heavy atom. The Morgan fingerprint density at radius 1 is 1.33 bits per heavy atom. The van der Waals surface area contributed by atoms with Crippen molar-refractivity contribution in [2.45, 2.75) is 39.8 Å². The van der Waals surface area contributed by atoms with Crippen LogP contribution in [0.25, 0.3) is 11.1 Å². The van der Waals surface area contributed by atoms with Gasteiger partial charge in [-0.1, -0.05) is 13.0 Å². The van der Waals surface area contributed by atoms with Gasteiger partial charge in [0.15, 0.2) is 5.58 Å². The molecule has 2 heterocycles. The highest BCUT2D eigenvalue weighted by Gasteiger charge is 2.22. The summed E-state index contributed by atoms with van der Waals surface area (Å²) < 4.78 is 5.82. The van der Waals surface area contributed by atoms with Crippen molar-refractivity contribution in [3.05, 3.63) is 29.7 Å². The summed E-state index contributed by atoms with van der Waals surface area (Å²) in [5.41, 5.74) is 2.93. The molecule has 1 aromatic carbocycles. The van der Waals surface area contributed by atoms with E-state index in [4.69, 9.17) is 4.42 Å². The summed E-state index contributed by atoms with van der Waals surface area (Å²) in [5.74, 6) is 0.744. The van der Waals surface area contributed by atoms with Crippen molar-refractivity contribution in [2.75, 3.05) is 26.2 Å². The number of hydrogen-bond donors (Lipinski definition) is 1. The molecular weight excluding hydrogens is 304 g/mol. The molecule has 6 nitrogen and oxygen atoms in total. The average molecular weight is 330 g/mol. The highest BCUT2D eigenvalue weighted by molar-refractivity contribution is 5.74. The lowest BCUT2D eigenvalue weighted by molar-refractivity contribution is 0.128. The molecule has 0 aliphatic carbocycles. The van der Waals surface area contributed by atoms with E-state index in [1.54, 1.807) is 0 Å². The fourth-order valence-electron chi connectivity index (χ4n) is 2.86. The summed E-state index contributed by atoms with van der Waals surface area (Å²) in [6.45, 7) is 10.0. The number of urea groups is 1. The number of piperazine rings is 1. The van der Waals surface area contributed by atoms with Crippen LogP contribution in [0.2, 0.25) is 0 Å². The third-order valence-corrected chi connectivity index (χ3v) is 4.59. The van der Waals surface area contributed by atoms with Gasteiger partial charge in [0.05, 0.1) is 6.54 Å². The molecule has 0 saturated carbocycles. The van der Waals surface area contributed by atoms with Crippen LogP contribution < -0.4 is 5.32 Å². The zero-order valence-corrected chi connectivity index (χ0v) is 14.7. The third kappa shape index (κ3) is 3.87. The number of oxazole rings is 1. The molecule has 1 atom stereocenters. The van der Waals surface area contributed by atoms with Crippen molar-refractivity contribution in [2.24, 2.45) is 0 Å². The maximum Gasteiger partial charge on any atom is 0.317 e. The fraction of sp³-hybridized carbons (Fsp3) is 0.556. The first-order valence-electron chi connectivity index (χ1n) is 8.69. The predicted molar refractivity (Wildman–Crippen MR) is 93.9 cm³/mol. The molecule has 1 saturated heterocycles. The maximum absolute atomic E-state index is 12.1. The topological polar surface area (TPSA) is 61.6 Å². The van der Waals surface area contributed by atoms with Gasteiger partial charge < -0.3 is 14.6 Å². The Hall–Kier alpha value is -2.08. The van der Waals surface area contributed by atoms with Crippen LogP contribution in [-0.4, -0.2) is 53.0 Å². The van der Waals surface area contributed by atoms with Gasteiger partial charge in [-0.15, -0.1) is 0 Å². The van der Waals surface area contributed by atoms with Gasteiger partial charge in [-0.2, -0.15) is 0 Å². The zero-order valence-electron chi connectivity index (χ0n) is 14.7. The number of amides is 2. The number of nitrogens with one attached hydrogen (secondary N) is 1. The average Bonchev–Trinajstić information content (AvgIpc) is 2.96. The van der Waals surface area contributed by atoms with Crippen LogP contribution in [0, 0.1) is 6.92 Å². The molecule has 0 bridgehead atoms. The number of nitrogens with zero attached hydrogens (tertiary/aromatic N) is 3. The van der Waals surface area contributed by atoms with Gasteiger partial charge in [-0.3, -0.25) is 4.90 Å². The Balaban J connectivity index is 1.54. The van der Waals surface area contributed by atoms with Crippen molar-refractivity contribution in [3.63, 3.8) is 0 Å². The van der Waals surface area contributed by atoms with Crippen LogP contribution in [0.5, 0.6) is 0 Å². The molecule has 3 rings (SSSR count). The third-order valence-electron chi connectivity index (χ3n) is 4.59. The van der Waals surface area contributed by atoms with Gasteiger partial charge in [0.2, 0.25) is 5.89 Å². The molecule has 0 unspecified atom stereocenters. The minimum atomic E-state index is 0.0429. The number of carbonyl (C=O) groups excluding carboxylic acids is 1. The highest BCUT2D eigenvalue weighted by atomic mass is 16.3. The number of aromatic nitrogens is 1. The standard InChI is InChI=1S/C18H26N4O2/c1-4-14(3)19-18(23)22-9-7-21(8-10-22)12-17-20-15-11-13(2)5-6-16(15)24-17/h5-6,11,14H,4,7-10,12H2,1-3H3,(H,19,23)/t14-/m1/s1. The minimum absolute atomic E-state index is 0.0429. The molecule has 24 heavy (non-hydrogen) atoms. The van der Waals surface area contributed by atoms with E-state index in [0.717, 1.165) is 49.6 Å². The van der Waals surface area contributed by atoms with E-state index in [9.17, 15) is 4.79 Å². The first-order valence-corrected chi connectivity index (χ1v) is 8.69. The molecule has 6 heteroatoms. The smallest absolute Gasteiger partial charge is 0.317 e. The Labute approximate surface area is 142 Å². The molecular formula is C18H26N4O2. The van der Waals surface area contributed by atoms with Crippen LogP contribution in [0.1, 0.15) is 31.7 Å². The normalized spacial score (nSPS) is 17.2. The van der Waals surface area contributed by atoms with Crippen LogP contribution >= 0.6 is 0 Å². The minimum Gasteiger partial charge on any atom is -0.439 e. The first-order chi connectivity index (χ1) is 11.5. The van der Waals surface area contributed by atoms with Gasteiger partial charge in [0.25, 0.3) is 0 Å². The molecule has 1 aliphatic rings. The molecule has 1 aliphatic heterocycles. The van der Waals surface area contributed by atoms with Crippen molar-refractivity contribution in [3.8, 4) is 0 Å². The number of hydrogen-bond acceptors (Lipinski definition) is 4. The van der Waals surface area contributed by atoms with E-state index in [0.29, 0.717) is 6.54 Å². The second-order valence-corrected chi connectivity index (χ2v) is 6.60. The molecule has 1 N–H and O–H groups in total. The monoisotopic (exact) mass is 330 g/mol. The first kappa shape index (κ1) is 16.8. The summed E-state index contributed by atoms with van der Waals surface area (Å²) in [6.07, 6.45) is 0.947. The van der Waals surface area contributed by atoms with E-state index in [1.807, 2.05) is 30.0 Å². The van der Waals surface area contributed by atoms with Crippen LogP contribution in [0.4, 0.5) is 4.79 Å². The number of benzene rings is 1. The molecule has 1 aromatic heterocycles. The molecule has 2 amide bonds. The van der Waals surface area contributed by atoms with E-state index < -0.39 is 0 Å². The SMILES string of the molecule is CC[C@@H](C)NC(=O)N1CCN(Cc2nc3cc(C)ccc3o2)CC1. The predicted octanol–water partition coefficient (Wildman–Crippen LogP) is 2.76. The quantitative estimate of drug-likeness (QED) is 0.936. The summed E-state index contributed by atoms with van der Waals surface area (Å²) in [5, 5.41) is 3.02. The Morgan fingerprint density at radius 3 is 2.79 bits per heavy atom. The molecule has 0 spiro atoms. The maximum atomic E-state index is 12.1. The van der Waals surface area contributed by atoms with Crippen molar-refractivity contribution >= 4 is 17.1 Å². The lowest BCUT2D eigenvalue weighted by atomic mass is 10.2. The van der Waals surface area contributed by atoms with Crippen molar-refractivity contribution in [1.29, 1.82) is 0 Å². The van der Waals surface area contributed by atoms with E-state index in [1.165, 1.54) is 5.56 Å². The fourth-order valence-corrected chi connectivity index (χ4v) is 2.86. The second kappa shape index (κ2) is 7.21. The van der Waals surface area contributed by atoms with Crippen LogP contribution in [-0.2, 0) is 6.54 Å². The Kier molecular flexibility index (Phi) is 5.04. The van der Waals surface area contributed by atoms with Gasteiger partial charge in [0.1, 0.15) is 5.52 Å². The molecule has 2 aromatic rings. The summed E-state index contributed by atoms with van der Waals surface area (Å²) in [6, 6.07) is 6.31. The van der Waals surface area contributed by atoms with Gasteiger partial charge in [-0.05, 0) is 38.0 Å². The number of fused-ring (bicyclic) bond motifs is 1. The highest BCUT2D eigenvalue weighted by Crippen LogP contribution is 2.18. The summed E-state index contributed by atoms with van der Waals surface area (Å²) >= 11 is 0. The van der Waals surface area contributed by atoms with Crippen LogP contribution in [0.3, 0.4) is 0 Å². The van der Waals surface area contributed by atoms with Gasteiger partial charge in [-0.25, -0.2) is 9.78 Å². The summed E-state index contributed by atoms with van der Waals surface area (Å²) in [7, 11) is 0. The lowest BCUT2D eigenvalue weighted by Crippen LogP contribution is -2.52. The summed E-state index contributed by atoms with van der Waals surface area (Å²) in [4.78, 5) is 20.9. The van der Waals surface area contributed by atoms with E-state index >= 15 is 0 Å². The molecule has 1 fully saturated rings. The van der Waals surface area contributed by atoms with E-state index in [2.05, 4.69) is 29.0 Å². The number of aryl methyl sites for hydroxylation is 1. The molecule has 0 radical (unpaired) electrons. The van der Waals surface area contributed by atoms with E-state index in [-0.39, 0.29) is 12.1 Å². The van der Waals surface area contributed by atoms with Gasteiger partial charge in [0, 0.05) is 32.2 Å². The number of carbonyl (C=O) groups is 1. The second-order valence-electron chi connectivity index (χ2n) is 6.60. The Bertz CT molecular complexity index is 704. The van der Waals surface area contributed by atoms with Gasteiger partial charge >= 0.3 is 6.03 Å².